The van der Waals surface area contributed by atoms with Crippen molar-refractivity contribution >= 4 is 17.5 Å². The highest BCUT2D eigenvalue weighted by molar-refractivity contribution is 6.39. The first-order valence-electron chi connectivity index (χ1n) is 8.56. The predicted octanol–water partition coefficient (Wildman–Crippen LogP) is 1.88. The normalized spacial score (nSPS) is 18.8. The van der Waals surface area contributed by atoms with Crippen molar-refractivity contribution in [2.75, 3.05) is 13.1 Å². The number of amides is 2. The highest BCUT2D eigenvalue weighted by Crippen LogP contribution is 2.21. The van der Waals surface area contributed by atoms with E-state index in [1.54, 1.807) is 4.90 Å². The Morgan fingerprint density at radius 3 is 2.79 bits per heavy atom. The number of piperidine rings is 1. The molecule has 2 heterocycles. The van der Waals surface area contributed by atoms with Gasteiger partial charge in [0.05, 0.1) is 0 Å². The van der Waals surface area contributed by atoms with Crippen LogP contribution in [0.4, 0.5) is 0 Å². The zero-order chi connectivity index (χ0) is 16.9. The first-order valence-corrected chi connectivity index (χ1v) is 8.56. The van der Waals surface area contributed by atoms with Crippen molar-refractivity contribution in [1.29, 1.82) is 0 Å². The minimum atomic E-state index is -0.132. The van der Waals surface area contributed by atoms with E-state index in [0.717, 1.165) is 25.0 Å². The number of carbonyl (C=O) groups excluding carboxylic acids is 2. The van der Waals surface area contributed by atoms with Crippen LogP contribution in [-0.2, 0) is 16.0 Å². The summed E-state index contributed by atoms with van der Waals surface area (Å²) in [6.45, 7) is 3.44. The van der Waals surface area contributed by atoms with Gasteiger partial charge in [-0.25, -0.2) is 5.43 Å². The molecule has 2 amide bonds. The number of ether oxygens (including phenoxy) is 1. The van der Waals surface area contributed by atoms with Crippen molar-refractivity contribution in [3.63, 3.8) is 0 Å². The zero-order valence-electron chi connectivity index (χ0n) is 14.0. The molecule has 6 nitrogen and oxygen atoms in total. The lowest BCUT2D eigenvalue weighted by atomic mass is 10.1. The Bertz CT molecular complexity index is 649. The van der Waals surface area contributed by atoms with Crippen LogP contribution in [0.5, 0.6) is 5.75 Å². The van der Waals surface area contributed by atoms with Crippen molar-refractivity contribution in [2.24, 2.45) is 5.10 Å². The Labute approximate surface area is 141 Å². The van der Waals surface area contributed by atoms with Crippen LogP contribution in [0.3, 0.4) is 0 Å². The second-order valence-electron chi connectivity index (χ2n) is 6.20. The van der Waals surface area contributed by atoms with Gasteiger partial charge in [0.25, 0.3) is 5.91 Å². The van der Waals surface area contributed by atoms with E-state index < -0.39 is 0 Å². The number of nitrogens with zero attached hydrogens (tertiary/aromatic N) is 2. The molecule has 0 saturated carbocycles. The van der Waals surface area contributed by atoms with Gasteiger partial charge in [-0.2, -0.15) is 5.10 Å². The quantitative estimate of drug-likeness (QED) is 0.917. The molecule has 1 N–H and O–H groups in total. The fourth-order valence-electron chi connectivity index (χ4n) is 3.02. The molecule has 3 rings (SSSR count). The molecule has 24 heavy (non-hydrogen) atoms. The molecule has 1 aromatic rings. The number of hydrogen-bond acceptors (Lipinski definition) is 4. The van der Waals surface area contributed by atoms with E-state index in [-0.39, 0.29) is 17.9 Å². The maximum absolute atomic E-state index is 12.4. The Kier molecular flexibility index (Phi) is 5.13. The molecule has 0 bridgehead atoms. The summed E-state index contributed by atoms with van der Waals surface area (Å²) in [6, 6.07) is 8.17. The topological polar surface area (TPSA) is 71.0 Å². The average molecular weight is 329 g/mol. The Balaban J connectivity index is 1.52. The highest BCUT2D eigenvalue weighted by Gasteiger charge is 2.28. The number of carbonyl (C=O) groups is 2. The van der Waals surface area contributed by atoms with Gasteiger partial charge in [-0.05, 0) is 24.1 Å². The van der Waals surface area contributed by atoms with Gasteiger partial charge in [-0.1, -0.05) is 19.1 Å². The van der Waals surface area contributed by atoms with E-state index in [1.807, 2.05) is 12.1 Å². The minimum Gasteiger partial charge on any atom is -0.490 e. The molecule has 128 valence electrons. The van der Waals surface area contributed by atoms with Crippen molar-refractivity contribution < 1.29 is 14.3 Å². The van der Waals surface area contributed by atoms with Gasteiger partial charge in [-0.3, -0.25) is 9.59 Å². The van der Waals surface area contributed by atoms with E-state index in [9.17, 15) is 9.59 Å². The summed E-state index contributed by atoms with van der Waals surface area (Å²) >= 11 is 0. The Morgan fingerprint density at radius 1 is 1.33 bits per heavy atom. The van der Waals surface area contributed by atoms with Crippen molar-refractivity contribution in [1.82, 2.24) is 10.3 Å². The molecule has 1 saturated heterocycles. The smallest absolute Gasteiger partial charge is 0.270 e. The lowest BCUT2D eigenvalue weighted by Gasteiger charge is -2.32. The number of hydrazone groups is 1. The fraction of sp³-hybridized carbons (Fsp3) is 0.500. The van der Waals surface area contributed by atoms with Crippen LogP contribution in [0.1, 0.15) is 38.2 Å². The summed E-state index contributed by atoms with van der Waals surface area (Å²) < 4.78 is 6.06. The van der Waals surface area contributed by atoms with Crippen molar-refractivity contribution in [3.8, 4) is 5.75 Å². The van der Waals surface area contributed by atoms with Crippen LogP contribution < -0.4 is 10.2 Å². The number of nitrogens with one attached hydrogen (secondary N) is 1. The number of hydrogen-bond donors (Lipinski definition) is 1. The van der Waals surface area contributed by atoms with E-state index >= 15 is 0 Å². The van der Waals surface area contributed by atoms with Crippen molar-refractivity contribution in [2.45, 2.75) is 45.1 Å². The second kappa shape index (κ2) is 7.47. The molecule has 2 aliphatic rings. The zero-order valence-corrected chi connectivity index (χ0v) is 14.0. The maximum atomic E-state index is 12.4. The fourth-order valence-corrected chi connectivity index (χ4v) is 3.02. The average Bonchev–Trinajstić information content (AvgIpc) is 2.62. The lowest BCUT2D eigenvalue weighted by Crippen LogP contribution is -2.46. The lowest BCUT2D eigenvalue weighted by molar-refractivity contribution is -0.126. The molecule has 0 aromatic heterocycles. The summed E-state index contributed by atoms with van der Waals surface area (Å²) in [5.74, 6) is 0.702. The van der Waals surface area contributed by atoms with Gasteiger partial charge in [-0.15, -0.1) is 0 Å². The van der Waals surface area contributed by atoms with Crippen LogP contribution in [0.15, 0.2) is 29.4 Å². The van der Waals surface area contributed by atoms with E-state index in [4.69, 9.17) is 4.74 Å². The molecule has 2 aliphatic heterocycles. The van der Waals surface area contributed by atoms with Gasteiger partial charge >= 0.3 is 0 Å². The highest BCUT2D eigenvalue weighted by atomic mass is 16.5. The van der Waals surface area contributed by atoms with E-state index in [2.05, 4.69) is 29.6 Å². The Hall–Kier alpha value is -2.37. The summed E-state index contributed by atoms with van der Waals surface area (Å²) in [7, 11) is 0. The number of likely N-dealkylation sites (tertiary alicyclic amines) is 1. The monoisotopic (exact) mass is 329 g/mol. The predicted molar refractivity (Wildman–Crippen MR) is 90.9 cm³/mol. The van der Waals surface area contributed by atoms with Crippen LogP contribution in [0.2, 0.25) is 0 Å². The molecule has 0 spiro atoms. The molecule has 1 fully saturated rings. The third kappa shape index (κ3) is 3.93. The van der Waals surface area contributed by atoms with Gasteiger partial charge in [0.2, 0.25) is 5.91 Å². The molecular formula is C18H23N3O3. The first kappa shape index (κ1) is 16.5. The van der Waals surface area contributed by atoms with Crippen LogP contribution in [0, 0.1) is 0 Å². The number of benzene rings is 1. The molecule has 6 heteroatoms. The molecule has 0 atom stereocenters. The van der Waals surface area contributed by atoms with E-state index in [1.165, 1.54) is 5.56 Å². The maximum Gasteiger partial charge on any atom is 0.270 e. The second-order valence-corrected chi connectivity index (χ2v) is 6.20. The summed E-state index contributed by atoms with van der Waals surface area (Å²) in [5, 5.41) is 3.89. The molecule has 0 aliphatic carbocycles. The van der Waals surface area contributed by atoms with Gasteiger partial charge in [0, 0.05) is 38.8 Å². The Morgan fingerprint density at radius 2 is 2.12 bits per heavy atom. The van der Waals surface area contributed by atoms with Gasteiger partial charge in [0.15, 0.2) is 0 Å². The van der Waals surface area contributed by atoms with Gasteiger partial charge in [0.1, 0.15) is 17.6 Å². The van der Waals surface area contributed by atoms with Gasteiger partial charge < -0.3 is 9.64 Å². The number of rotatable bonds is 4. The minimum absolute atomic E-state index is 0.0681. The van der Waals surface area contributed by atoms with Crippen molar-refractivity contribution in [3.05, 3.63) is 29.8 Å². The van der Waals surface area contributed by atoms with Crippen LogP contribution in [0.25, 0.3) is 0 Å². The summed E-state index contributed by atoms with van der Waals surface area (Å²) in [6.07, 6.45) is 3.49. The number of aryl methyl sites for hydroxylation is 1. The third-order valence-electron chi connectivity index (χ3n) is 4.49. The summed E-state index contributed by atoms with van der Waals surface area (Å²) in [4.78, 5) is 25.3. The van der Waals surface area contributed by atoms with Crippen LogP contribution >= 0.6 is 0 Å². The summed E-state index contributed by atoms with van der Waals surface area (Å²) in [5.41, 5.74) is 4.09. The molecule has 0 radical (unpaired) electrons. The van der Waals surface area contributed by atoms with Crippen LogP contribution in [-0.4, -0.2) is 41.6 Å². The molecule has 1 aromatic carbocycles. The van der Waals surface area contributed by atoms with E-state index in [0.29, 0.717) is 31.6 Å². The first-order chi connectivity index (χ1) is 11.7. The standard InChI is InChI=1S/C18H23N3O3/c1-2-13-4-3-5-15(12-13)24-14-8-10-21(11-9-14)18(23)16-6-7-17(22)20-19-16/h3-5,12,14H,2,6-11H2,1H3,(H,20,22). The third-order valence-corrected chi connectivity index (χ3v) is 4.49. The molecular weight excluding hydrogens is 306 g/mol. The molecule has 0 unspecified atom stereocenters. The largest absolute Gasteiger partial charge is 0.490 e. The SMILES string of the molecule is CCc1cccc(OC2CCN(C(=O)C3=NNC(=O)CC3)CC2)c1.